The van der Waals surface area contributed by atoms with Gasteiger partial charge in [-0.15, -0.1) is 0 Å². The van der Waals surface area contributed by atoms with E-state index in [1.165, 1.54) is 18.4 Å². The number of aryl methyl sites for hydroxylation is 1. The molecule has 3 heteroatoms. The van der Waals surface area contributed by atoms with Crippen LogP contribution in [0.2, 0.25) is 0 Å². The first kappa shape index (κ1) is 11.0. The SMILES string of the molecule is Cc1ccc(NC(=O)N[C@H](C)C2CC2)cc1. The van der Waals surface area contributed by atoms with E-state index in [9.17, 15) is 4.79 Å². The van der Waals surface area contributed by atoms with Crippen LogP contribution in [0.1, 0.15) is 25.3 Å². The van der Waals surface area contributed by atoms with Crippen LogP contribution in [0, 0.1) is 12.8 Å². The van der Waals surface area contributed by atoms with Crippen LogP contribution in [0.15, 0.2) is 24.3 Å². The quantitative estimate of drug-likeness (QED) is 0.804. The Hall–Kier alpha value is -1.51. The van der Waals surface area contributed by atoms with Crippen molar-refractivity contribution in [1.29, 1.82) is 0 Å². The maximum Gasteiger partial charge on any atom is 0.319 e. The Balaban J connectivity index is 1.84. The molecule has 0 bridgehead atoms. The lowest BCUT2D eigenvalue weighted by atomic mass is 10.2. The highest BCUT2D eigenvalue weighted by atomic mass is 16.2. The molecule has 0 saturated heterocycles. The van der Waals surface area contributed by atoms with E-state index in [1.54, 1.807) is 0 Å². The molecular weight excluding hydrogens is 200 g/mol. The number of rotatable bonds is 3. The molecule has 86 valence electrons. The Morgan fingerprint density at radius 1 is 1.31 bits per heavy atom. The van der Waals surface area contributed by atoms with Crippen molar-refractivity contribution >= 4 is 11.7 Å². The molecular formula is C13H18N2O. The second-order valence-electron chi connectivity index (χ2n) is 4.59. The molecule has 1 saturated carbocycles. The van der Waals surface area contributed by atoms with Gasteiger partial charge in [-0.25, -0.2) is 4.79 Å². The second-order valence-corrected chi connectivity index (χ2v) is 4.59. The summed E-state index contributed by atoms with van der Waals surface area (Å²) in [5.74, 6) is 0.684. The zero-order valence-corrected chi connectivity index (χ0v) is 9.79. The molecule has 2 rings (SSSR count). The molecule has 1 aliphatic rings. The molecule has 1 fully saturated rings. The lowest BCUT2D eigenvalue weighted by Gasteiger charge is -2.13. The smallest absolute Gasteiger partial charge is 0.319 e. The Morgan fingerprint density at radius 2 is 1.94 bits per heavy atom. The van der Waals surface area contributed by atoms with Gasteiger partial charge in [0.1, 0.15) is 0 Å². The highest BCUT2D eigenvalue weighted by molar-refractivity contribution is 5.89. The van der Waals surface area contributed by atoms with Crippen LogP contribution >= 0.6 is 0 Å². The molecule has 0 heterocycles. The Labute approximate surface area is 96.2 Å². The normalized spacial score (nSPS) is 16.6. The standard InChI is InChI=1S/C13H18N2O/c1-9-3-7-12(8-4-9)15-13(16)14-10(2)11-5-6-11/h3-4,7-8,10-11H,5-6H2,1-2H3,(H2,14,15,16)/t10-/m1/s1. The molecule has 2 N–H and O–H groups in total. The molecule has 1 aromatic carbocycles. The molecule has 16 heavy (non-hydrogen) atoms. The average molecular weight is 218 g/mol. The fraction of sp³-hybridized carbons (Fsp3) is 0.462. The van der Waals surface area contributed by atoms with Gasteiger partial charge >= 0.3 is 6.03 Å². The minimum Gasteiger partial charge on any atom is -0.335 e. The van der Waals surface area contributed by atoms with Gasteiger partial charge in [-0.3, -0.25) is 0 Å². The van der Waals surface area contributed by atoms with Crippen molar-refractivity contribution in [2.45, 2.75) is 32.7 Å². The number of carbonyl (C=O) groups is 1. The van der Waals surface area contributed by atoms with Gasteiger partial charge in [0.05, 0.1) is 0 Å². The summed E-state index contributed by atoms with van der Waals surface area (Å²) in [6.07, 6.45) is 2.48. The van der Waals surface area contributed by atoms with Gasteiger partial charge in [-0.1, -0.05) is 17.7 Å². The molecule has 0 radical (unpaired) electrons. The molecule has 1 aliphatic carbocycles. The number of hydrogen-bond donors (Lipinski definition) is 2. The molecule has 0 aromatic heterocycles. The molecule has 1 atom stereocenters. The van der Waals surface area contributed by atoms with Gasteiger partial charge in [0.15, 0.2) is 0 Å². The second kappa shape index (κ2) is 4.56. The summed E-state index contributed by atoms with van der Waals surface area (Å²) in [5, 5.41) is 5.79. The number of amides is 2. The van der Waals surface area contributed by atoms with Gasteiger partial charge in [0.2, 0.25) is 0 Å². The van der Waals surface area contributed by atoms with E-state index in [2.05, 4.69) is 17.6 Å². The Bertz CT molecular complexity index is 368. The number of anilines is 1. The monoisotopic (exact) mass is 218 g/mol. The van der Waals surface area contributed by atoms with Crippen LogP contribution in [0.5, 0.6) is 0 Å². The predicted octanol–water partition coefficient (Wildman–Crippen LogP) is 2.92. The zero-order chi connectivity index (χ0) is 11.5. The van der Waals surface area contributed by atoms with Crippen molar-refractivity contribution in [1.82, 2.24) is 5.32 Å². The van der Waals surface area contributed by atoms with Crippen molar-refractivity contribution < 1.29 is 4.79 Å². The minimum absolute atomic E-state index is 0.108. The van der Waals surface area contributed by atoms with Gasteiger partial charge in [0.25, 0.3) is 0 Å². The van der Waals surface area contributed by atoms with E-state index in [1.807, 2.05) is 31.2 Å². The Morgan fingerprint density at radius 3 is 2.50 bits per heavy atom. The molecule has 0 aliphatic heterocycles. The van der Waals surface area contributed by atoms with Gasteiger partial charge < -0.3 is 10.6 Å². The van der Waals surface area contributed by atoms with E-state index in [0.717, 1.165) is 5.69 Å². The van der Waals surface area contributed by atoms with Crippen molar-refractivity contribution in [3.63, 3.8) is 0 Å². The topological polar surface area (TPSA) is 41.1 Å². The summed E-state index contributed by atoms with van der Waals surface area (Å²) in [6, 6.07) is 7.97. The van der Waals surface area contributed by atoms with Gasteiger partial charge in [-0.05, 0) is 44.7 Å². The number of nitrogens with one attached hydrogen (secondary N) is 2. The maximum absolute atomic E-state index is 11.6. The van der Waals surface area contributed by atoms with Gasteiger partial charge in [0, 0.05) is 11.7 Å². The third kappa shape index (κ3) is 2.99. The summed E-state index contributed by atoms with van der Waals surface area (Å²) in [4.78, 5) is 11.6. The zero-order valence-electron chi connectivity index (χ0n) is 9.79. The largest absolute Gasteiger partial charge is 0.335 e. The first-order valence-electron chi connectivity index (χ1n) is 5.79. The van der Waals surface area contributed by atoms with E-state index >= 15 is 0 Å². The van der Waals surface area contributed by atoms with Crippen LogP contribution in [0.25, 0.3) is 0 Å². The van der Waals surface area contributed by atoms with Crippen molar-refractivity contribution in [3.8, 4) is 0 Å². The fourth-order valence-corrected chi connectivity index (χ4v) is 1.72. The minimum atomic E-state index is -0.108. The first-order valence-corrected chi connectivity index (χ1v) is 5.79. The summed E-state index contributed by atoms with van der Waals surface area (Å²) < 4.78 is 0. The van der Waals surface area contributed by atoms with Crippen molar-refractivity contribution in [3.05, 3.63) is 29.8 Å². The fourth-order valence-electron chi connectivity index (χ4n) is 1.72. The van der Waals surface area contributed by atoms with Crippen LogP contribution in [-0.4, -0.2) is 12.1 Å². The van der Waals surface area contributed by atoms with Crippen LogP contribution in [0.3, 0.4) is 0 Å². The number of benzene rings is 1. The first-order chi connectivity index (χ1) is 7.65. The lowest BCUT2D eigenvalue weighted by Crippen LogP contribution is -2.37. The van der Waals surface area contributed by atoms with Crippen LogP contribution in [-0.2, 0) is 0 Å². The summed E-state index contributed by atoms with van der Waals surface area (Å²) in [7, 11) is 0. The highest BCUT2D eigenvalue weighted by Gasteiger charge is 2.28. The average Bonchev–Trinajstić information content (AvgIpc) is 3.04. The number of carbonyl (C=O) groups excluding carboxylic acids is 1. The number of hydrogen-bond acceptors (Lipinski definition) is 1. The molecule has 1 aromatic rings. The molecule has 0 spiro atoms. The van der Waals surface area contributed by atoms with E-state index in [0.29, 0.717) is 5.92 Å². The molecule has 2 amide bonds. The van der Waals surface area contributed by atoms with E-state index < -0.39 is 0 Å². The molecule has 3 nitrogen and oxygen atoms in total. The summed E-state index contributed by atoms with van der Waals surface area (Å²) in [5.41, 5.74) is 2.03. The van der Waals surface area contributed by atoms with Crippen LogP contribution < -0.4 is 10.6 Å². The van der Waals surface area contributed by atoms with Crippen LogP contribution in [0.4, 0.5) is 10.5 Å². The third-order valence-corrected chi connectivity index (χ3v) is 3.00. The highest BCUT2D eigenvalue weighted by Crippen LogP contribution is 2.32. The van der Waals surface area contributed by atoms with E-state index in [4.69, 9.17) is 0 Å². The predicted molar refractivity (Wildman–Crippen MR) is 65.5 cm³/mol. The van der Waals surface area contributed by atoms with Gasteiger partial charge in [-0.2, -0.15) is 0 Å². The Kier molecular flexibility index (Phi) is 3.13. The van der Waals surface area contributed by atoms with E-state index in [-0.39, 0.29) is 12.1 Å². The van der Waals surface area contributed by atoms with Crippen molar-refractivity contribution in [2.75, 3.05) is 5.32 Å². The molecule has 0 unspecified atom stereocenters. The maximum atomic E-state index is 11.6. The summed E-state index contributed by atoms with van der Waals surface area (Å²) in [6.45, 7) is 4.09. The number of urea groups is 1. The third-order valence-electron chi connectivity index (χ3n) is 3.00. The van der Waals surface area contributed by atoms with Crippen molar-refractivity contribution in [2.24, 2.45) is 5.92 Å². The summed E-state index contributed by atoms with van der Waals surface area (Å²) >= 11 is 0. The lowest BCUT2D eigenvalue weighted by molar-refractivity contribution is 0.248.